The summed E-state index contributed by atoms with van der Waals surface area (Å²) in [5, 5.41) is 11.5. The summed E-state index contributed by atoms with van der Waals surface area (Å²) >= 11 is 0. The number of furan rings is 2. The highest BCUT2D eigenvalue weighted by molar-refractivity contribution is 5.05. The molecule has 136 valence electrons. The van der Waals surface area contributed by atoms with Crippen molar-refractivity contribution in [3.63, 3.8) is 0 Å². The monoisotopic (exact) mass is 344 g/mol. The number of piperidine rings is 2. The van der Waals surface area contributed by atoms with Crippen LogP contribution in [0.4, 0.5) is 0 Å². The van der Waals surface area contributed by atoms with Gasteiger partial charge in [-0.3, -0.25) is 9.80 Å². The van der Waals surface area contributed by atoms with Gasteiger partial charge in [0.2, 0.25) is 0 Å². The lowest BCUT2D eigenvalue weighted by Crippen LogP contribution is -2.62. The Bertz CT molecular complexity index is 602. The number of aliphatic hydroxyl groups is 1. The normalized spacial score (nSPS) is 27.5. The van der Waals surface area contributed by atoms with Crippen LogP contribution in [-0.4, -0.2) is 46.2 Å². The first-order chi connectivity index (χ1) is 12.2. The minimum absolute atomic E-state index is 0.283. The fraction of sp³-hybridized carbons (Fsp3) is 0.600. The third kappa shape index (κ3) is 3.84. The van der Waals surface area contributed by atoms with Crippen LogP contribution in [-0.2, 0) is 13.1 Å². The second-order valence-corrected chi connectivity index (χ2v) is 7.56. The van der Waals surface area contributed by atoms with E-state index in [1.807, 2.05) is 24.3 Å². The molecule has 2 aliphatic rings. The summed E-state index contributed by atoms with van der Waals surface area (Å²) in [5.74, 6) is 1.85. The van der Waals surface area contributed by atoms with Gasteiger partial charge in [0.1, 0.15) is 11.5 Å². The van der Waals surface area contributed by atoms with Crippen LogP contribution >= 0.6 is 0 Å². The lowest BCUT2D eigenvalue weighted by Gasteiger charge is -2.50. The van der Waals surface area contributed by atoms with E-state index < -0.39 is 5.60 Å². The summed E-state index contributed by atoms with van der Waals surface area (Å²) < 4.78 is 11.1. The molecule has 0 radical (unpaired) electrons. The maximum atomic E-state index is 11.5. The van der Waals surface area contributed by atoms with Crippen molar-refractivity contribution in [3.05, 3.63) is 48.3 Å². The van der Waals surface area contributed by atoms with Crippen LogP contribution in [0.25, 0.3) is 0 Å². The number of nitrogens with zero attached hydrogens (tertiary/aromatic N) is 2. The van der Waals surface area contributed by atoms with E-state index in [1.165, 1.54) is 12.8 Å². The zero-order valence-electron chi connectivity index (χ0n) is 14.8. The Morgan fingerprint density at radius 2 is 1.72 bits per heavy atom. The Balaban J connectivity index is 1.51. The summed E-state index contributed by atoms with van der Waals surface area (Å²) in [7, 11) is 0. The summed E-state index contributed by atoms with van der Waals surface area (Å²) in [6.45, 7) is 4.27. The largest absolute Gasteiger partial charge is 0.468 e. The maximum absolute atomic E-state index is 11.5. The zero-order chi connectivity index (χ0) is 17.1. The van der Waals surface area contributed by atoms with E-state index >= 15 is 0 Å². The van der Waals surface area contributed by atoms with Crippen molar-refractivity contribution in [1.29, 1.82) is 0 Å². The van der Waals surface area contributed by atoms with Crippen molar-refractivity contribution in [3.8, 4) is 0 Å². The number of hydrogen-bond donors (Lipinski definition) is 1. The predicted molar refractivity (Wildman–Crippen MR) is 94.9 cm³/mol. The van der Waals surface area contributed by atoms with E-state index in [2.05, 4.69) is 9.80 Å². The minimum Gasteiger partial charge on any atom is -0.468 e. The second-order valence-electron chi connectivity index (χ2n) is 7.56. The van der Waals surface area contributed by atoms with Gasteiger partial charge in [-0.1, -0.05) is 6.42 Å². The Labute approximate surface area is 149 Å². The molecule has 2 aromatic rings. The Kier molecular flexibility index (Phi) is 4.97. The highest BCUT2D eigenvalue weighted by Gasteiger charge is 2.44. The fourth-order valence-corrected chi connectivity index (χ4v) is 4.61. The van der Waals surface area contributed by atoms with E-state index in [9.17, 15) is 5.11 Å². The molecule has 5 nitrogen and oxygen atoms in total. The molecule has 2 fully saturated rings. The van der Waals surface area contributed by atoms with E-state index in [0.717, 1.165) is 43.9 Å². The number of hydrogen-bond acceptors (Lipinski definition) is 5. The van der Waals surface area contributed by atoms with Gasteiger partial charge < -0.3 is 13.9 Å². The predicted octanol–water partition coefficient (Wildman–Crippen LogP) is 3.25. The summed E-state index contributed by atoms with van der Waals surface area (Å²) in [6, 6.07) is 8.10. The Morgan fingerprint density at radius 1 is 1.04 bits per heavy atom. The van der Waals surface area contributed by atoms with Gasteiger partial charge in [-0.2, -0.15) is 0 Å². The molecular weight excluding hydrogens is 316 g/mol. The van der Waals surface area contributed by atoms with Gasteiger partial charge in [0, 0.05) is 12.6 Å². The molecule has 2 saturated heterocycles. The summed E-state index contributed by atoms with van der Waals surface area (Å²) in [5.41, 5.74) is -0.655. The molecule has 0 unspecified atom stereocenters. The third-order valence-electron chi connectivity index (χ3n) is 5.71. The van der Waals surface area contributed by atoms with Gasteiger partial charge in [-0.25, -0.2) is 0 Å². The molecule has 5 heteroatoms. The van der Waals surface area contributed by atoms with Crippen molar-refractivity contribution in [2.75, 3.05) is 19.6 Å². The van der Waals surface area contributed by atoms with Crippen molar-refractivity contribution < 1.29 is 13.9 Å². The second kappa shape index (κ2) is 7.36. The van der Waals surface area contributed by atoms with Crippen molar-refractivity contribution in [1.82, 2.24) is 9.80 Å². The lowest BCUT2D eigenvalue weighted by atomic mass is 9.79. The molecular formula is C20H28N2O3. The van der Waals surface area contributed by atoms with Gasteiger partial charge in [0.05, 0.1) is 31.2 Å². The average Bonchev–Trinajstić information content (AvgIpc) is 3.29. The Morgan fingerprint density at radius 3 is 2.36 bits per heavy atom. The van der Waals surface area contributed by atoms with Gasteiger partial charge in [-0.05, 0) is 63.0 Å². The van der Waals surface area contributed by atoms with Crippen molar-refractivity contribution >= 4 is 0 Å². The number of fused-ring (bicyclic) bond motifs is 1. The quantitative estimate of drug-likeness (QED) is 0.872. The van der Waals surface area contributed by atoms with Gasteiger partial charge in [-0.15, -0.1) is 0 Å². The topological polar surface area (TPSA) is 53.0 Å². The molecule has 4 heterocycles. The molecule has 0 spiro atoms. The first-order valence-corrected chi connectivity index (χ1v) is 9.46. The molecule has 2 atom stereocenters. The molecule has 0 saturated carbocycles. The third-order valence-corrected chi connectivity index (χ3v) is 5.71. The van der Waals surface area contributed by atoms with Crippen LogP contribution in [0.15, 0.2) is 45.6 Å². The molecule has 0 aliphatic carbocycles. The van der Waals surface area contributed by atoms with Crippen molar-refractivity contribution in [2.45, 2.75) is 56.8 Å². The maximum Gasteiger partial charge on any atom is 0.117 e. The first kappa shape index (κ1) is 16.9. The highest BCUT2D eigenvalue weighted by atomic mass is 16.3. The smallest absolute Gasteiger partial charge is 0.117 e. The highest BCUT2D eigenvalue weighted by Crippen LogP contribution is 2.35. The molecule has 1 N–H and O–H groups in total. The van der Waals surface area contributed by atoms with Gasteiger partial charge >= 0.3 is 0 Å². The molecule has 0 aromatic carbocycles. The number of rotatable bonds is 6. The average molecular weight is 344 g/mol. The van der Waals surface area contributed by atoms with Crippen LogP contribution in [0.5, 0.6) is 0 Å². The molecule has 0 bridgehead atoms. The van der Waals surface area contributed by atoms with Crippen molar-refractivity contribution in [2.24, 2.45) is 0 Å². The van der Waals surface area contributed by atoms with Gasteiger partial charge in [0.25, 0.3) is 0 Å². The standard InChI is InChI=1S/C20H28N2O3/c23-20(9-5-11-22-10-2-1-8-19(20)22)16-21(14-17-6-3-12-24-17)15-18-7-4-13-25-18/h3-4,6-7,12-13,19,23H,1-2,5,8-11,14-16H2/t19-,20-/m1/s1. The SMILES string of the molecule is O[C@@]1(CN(Cc2ccco2)Cc2ccco2)CCCN2CCCC[C@@H]21. The van der Waals surface area contributed by atoms with E-state index in [0.29, 0.717) is 19.6 Å². The summed E-state index contributed by atoms with van der Waals surface area (Å²) in [4.78, 5) is 4.76. The lowest BCUT2D eigenvalue weighted by molar-refractivity contribution is -0.112. The van der Waals surface area contributed by atoms with Crippen LogP contribution in [0.3, 0.4) is 0 Å². The molecule has 4 rings (SSSR count). The molecule has 2 aliphatic heterocycles. The molecule has 0 amide bonds. The summed E-state index contributed by atoms with van der Waals surface area (Å²) in [6.07, 6.45) is 8.95. The van der Waals surface area contributed by atoms with E-state index in [4.69, 9.17) is 8.83 Å². The van der Waals surface area contributed by atoms with Crippen LogP contribution < -0.4 is 0 Å². The van der Waals surface area contributed by atoms with E-state index in [1.54, 1.807) is 12.5 Å². The molecule has 25 heavy (non-hydrogen) atoms. The van der Waals surface area contributed by atoms with Crippen LogP contribution in [0.1, 0.15) is 43.6 Å². The van der Waals surface area contributed by atoms with Crippen LogP contribution in [0.2, 0.25) is 0 Å². The van der Waals surface area contributed by atoms with E-state index in [-0.39, 0.29) is 6.04 Å². The zero-order valence-corrected chi connectivity index (χ0v) is 14.8. The van der Waals surface area contributed by atoms with Gasteiger partial charge in [0.15, 0.2) is 0 Å². The fourth-order valence-electron chi connectivity index (χ4n) is 4.61. The van der Waals surface area contributed by atoms with Crippen LogP contribution in [0, 0.1) is 0 Å². The first-order valence-electron chi connectivity index (χ1n) is 9.46. The minimum atomic E-state index is -0.655. The molecule has 2 aromatic heterocycles. The Hall–Kier alpha value is -1.56.